The molecule has 25 heavy (non-hydrogen) atoms. The minimum atomic E-state index is -0.388. The Kier molecular flexibility index (Phi) is 4.95. The average Bonchev–Trinajstić information content (AvgIpc) is 2.99. The maximum Gasteiger partial charge on any atom is 0.316 e. The van der Waals surface area contributed by atoms with E-state index in [1.54, 1.807) is 25.1 Å². The van der Waals surface area contributed by atoms with Gasteiger partial charge >= 0.3 is 6.01 Å². The number of carbonyl (C=O) groups excluding carboxylic acids is 1. The SMILES string of the molecule is CCOc1ncc(NC(=O)c2c(-c3ccccc3Cl)noc2C)cn1. The molecule has 0 aliphatic heterocycles. The van der Waals surface area contributed by atoms with Crippen LogP contribution < -0.4 is 10.1 Å². The molecular weight excluding hydrogens is 344 g/mol. The monoisotopic (exact) mass is 358 g/mol. The molecule has 0 aliphatic rings. The van der Waals surface area contributed by atoms with Crippen LogP contribution in [0.3, 0.4) is 0 Å². The van der Waals surface area contributed by atoms with Gasteiger partial charge in [-0.3, -0.25) is 4.79 Å². The van der Waals surface area contributed by atoms with E-state index < -0.39 is 0 Å². The standard InChI is InChI=1S/C17H15ClN4O3/c1-3-24-17-19-8-11(9-20-17)21-16(23)14-10(2)25-22-15(14)12-6-4-5-7-13(12)18/h4-9H,3H2,1-2H3,(H,21,23). The summed E-state index contributed by atoms with van der Waals surface area (Å²) in [5.74, 6) is 0.000652. The first-order valence-electron chi connectivity index (χ1n) is 7.57. The Hall–Kier alpha value is -2.93. The summed E-state index contributed by atoms with van der Waals surface area (Å²) in [5.41, 5.74) is 1.74. The Balaban J connectivity index is 1.88. The molecule has 3 aromatic rings. The van der Waals surface area contributed by atoms with Crippen LogP contribution in [0, 0.1) is 6.92 Å². The molecule has 1 aromatic carbocycles. The molecule has 0 saturated heterocycles. The molecule has 0 fully saturated rings. The van der Waals surface area contributed by atoms with Crippen LogP contribution >= 0.6 is 11.6 Å². The van der Waals surface area contributed by atoms with Gasteiger partial charge in [0, 0.05) is 5.56 Å². The van der Waals surface area contributed by atoms with E-state index in [4.69, 9.17) is 20.9 Å². The summed E-state index contributed by atoms with van der Waals surface area (Å²) in [6, 6.07) is 7.36. The third-order valence-electron chi connectivity index (χ3n) is 3.38. The number of rotatable bonds is 5. The zero-order valence-corrected chi connectivity index (χ0v) is 14.4. The van der Waals surface area contributed by atoms with Crippen molar-refractivity contribution < 1.29 is 14.1 Å². The molecule has 3 rings (SSSR count). The van der Waals surface area contributed by atoms with Crippen LogP contribution in [0.1, 0.15) is 23.0 Å². The second kappa shape index (κ2) is 7.31. The molecule has 8 heteroatoms. The Bertz CT molecular complexity index is 893. The van der Waals surface area contributed by atoms with E-state index in [2.05, 4.69) is 20.4 Å². The fourth-order valence-electron chi connectivity index (χ4n) is 2.25. The topological polar surface area (TPSA) is 90.1 Å². The summed E-state index contributed by atoms with van der Waals surface area (Å²) in [7, 11) is 0. The molecule has 0 saturated carbocycles. The molecule has 0 atom stereocenters. The lowest BCUT2D eigenvalue weighted by atomic mass is 10.1. The van der Waals surface area contributed by atoms with Crippen LogP contribution in [0.4, 0.5) is 5.69 Å². The fraction of sp³-hybridized carbons (Fsp3) is 0.176. The minimum absolute atomic E-state index is 0.249. The number of anilines is 1. The van der Waals surface area contributed by atoms with Gasteiger partial charge in [-0.1, -0.05) is 35.0 Å². The van der Waals surface area contributed by atoms with Crippen molar-refractivity contribution >= 4 is 23.2 Å². The van der Waals surface area contributed by atoms with E-state index in [1.807, 2.05) is 13.0 Å². The average molecular weight is 359 g/mol. The summed E-state index contributed by atoms with van der Waals surface area (Å²) in [5, 5.41) is 7.18. The van der Waals surface area contributed by atoms with Gasteiger partial charge in [-0.2, -0.15) is 0 Å². The number of hydrogen-bond donors (Lipinski definition) is 1. The molecule has 7 nitrogen and oxygen atoms in total. The molecule has 1 amide bonds. The van der Waals surface area contributed by atoms with Gasteiger partial charge in [0.05, 0.1) is 29.7 Å². The van der Waals surface area contributed by atoms with E-state index >= 15 is 0 Å². The van der Waals surface area contributed by atoms with E-state index in [0.29, 0.717) is 39.9 Å². The van der Waals surface area contributed by atoms with Crippen LogP contribution in [0.15, 0.2) is 41.2 Å². The summed E-state index contributed by atoms with van der Waals surface area (Å²) in [6.07, 6.45) is 2.93. The predicted octanol–water partition coefficient (Wildman–Crippen LogP) is 3.74. The van der Waals surface area contributed by atoms with Crippen LogP contribution in [0.5, 0.6) is 6.01 Å². The highest BCUT2D eigenvalue weighted by Crippen LogP contribution is 2.31. The van der Waals surface area contributed by atoms with E-state index in [9.17, 15) is 4.79 Å². The van der Waals surface area contributed by atoms with Crippen molar-refractivity contribution in [2.75, 3.05) is 11.9 Å². The van der Waals surface area contributed by atoms with Gasteiger partial charge in [0.1, 0.15) is 17.0 Å². The van der Waals surface area contributed by atoms with Gasteiger partial charge in [0.25, 0.3) is 5.91 Å². The molecule has 0 spiro atoms. The van der Waals surface area contributed by atoms with Crippen LogP contribution in [0.2, 0.25) is 5.02 Å². The van der Waals surface area contributed by atoms with Crippen molar-refractivity contribution in [2.45, 2.75) is 13.8 Å². The largest absolute Gasteiger partial charge is 0.464 e. The van der Waals surface area contributed by atoms with Gasteiger partial charge in [0.2, 0.25) is 0 Å². The van der Waals surface area contributed by atoms with E-state index in [0.717, 1.165) is 0 Å². The molecule has 0 aliphatic carbocycles. The van der Waals surface area contributed by atoms with Gasteiger partial charge in [-0.05, 0) is 19.9 Å². The van der Waals surface area contributed by atoms with Gasteiger partial charge < -0.3 is 14.6 Å². The lowest BCUT2D eigenvalue weighted by Gasteiger charge is -2.07. The summed E-state index contributed by atoms with van der Waals surface area (Å²) >= 11 is 6.20. The summed E-state index contributed by atoms with van der Waals surface area (Å²) in [6.45, 7) is 3.97. The number of nitrogens with zero attached hydrogens (tertiary/aromatic N) is 3. The smallest absolute Gasteiger partial charge is 0.316 e. The molecular formula is C17H15ClN4O3. The van der Waals surface area contributed by atoms with Gasteiger partial charge in [0.15, 0.2) is 0 Å². The number of hydrogen-bond acceptors (Lipinski definition) is 6. The number of halogens is 1. The first-order chi connectivity index (χ1) is 12.1. The quantitative estimate of drug-likeness (QED) is 0.747. The zero-order chi connectivity index (χ0) is 17.8. The Morgan fingerprint density at radius 2 is 2.00 bits per heavy atom. The van der Waals surface area contributed by atoms with Crippen LogP contribution in [-0.2, 0) is 0 Å². The van der Waals surface area contributed by atoms with Gasteiger partial charge in [-0.25, -0.2) is 9.97 Å². The third-order valence-corrected chi connectivity index (χ3v) is 3.71. The number of benzene rings is 1. The summed E-state index contributed by atoms with van der Waals surface area (Å²) in [4.78, 5) is 20.7. The highest BCUT2D eigenvalue weighted by Gasteiger charge is 2.23. The molecule has 0 unspecified atom stereocenters. The number of aryl methyl sites for hydroxylation is 1. The van der Waals surface area contributed by atoms with Crippen molar-refractivity contribution in [3.63, 3.8) is 0 Å². The van der Waals surface area contributed by atoms with Crippen molar-refractivity contribution in [3.8, 4) is 17.3 Å². The molecule has 128 valence electrons. The van der Waals surface area contributed by atoms with Crippen molar-refractivity contribution in [1.29, 1.82) is 0 Å². The first-order valence-corrected chi connectivity index (χ1v) is 7.95. The lowest BCUT2D eigenvalue weighted by Crippen LogP contribution is -2.14. The minimum Gasteiger partial charge on any atom is -0.464 e. The maximum atomic E-state index is 12.7. The second-order valence-corrected chi connectivity index (χ2v) is 5.49. The van der Waals surface area contributed by atoms with E-state index in [1.165, 1.54) is 12.4 Å². The Morgan fingerprint density at radius 3 is 2.68 bits per heavy atom. The maximum absolute atomic E-state index is 12.7. The summed E-state index contributed by atoms with van der Waals surface area (Å²) < 4.78 is 10.4. The number of aromatic nitrogens is 3. The zero-order valence-electron chi connectivity index (χ0n) is 13.6. The molecule has 0 radical (unpaired) electrons. The molecule has 0 bridgehead atoms. The second-order valence-electron chi connectivity index (χ2n) is 5.08. The third kappa shape index (κ3) is 3.61. The highest BCUT2D eigenvalue weighted by molar-refractivity contribution is 6.33. The van der Waals surface area contributed by atoms with Crippen molar-refractivity contribution in [2.24, 2.45) is 0 Å². The number of carbonyl (C=O) groups is 1. The van der Waals surface area contributed by atoms with E-state index in [-0.39, 0.29) is 11.9 Å². The first kappa shape index (κ1) is 16.9. The highest BCUT2D eigenvalue weighted by atomic mass is 35.5. The Morgan fingerprint density at radius 1 is 1.28 bits per heavy atom. The van der Waals surface area contributed by atoms with Crippen molar-refractivity contribution in [1.82, 2.24) is 15.1 Å². The molecule has 2 aromatic heterocycles. The normalized spacial score (nSPS) is 10.5. The molecule has 1 N–H and O–H groups in total. The number of amides is 1. The van der Waals surface area contributed by atoms with Crippen LogP contribution in [0.25, 0.3) is 11.3 Å². The van der Waals surface area contributed by atoms with Crippen LogP contribution in [-0.4, -0.2) is 27.6 Å². The fourth-order valence-corrected chi connectivity index (χ4v) is 2.48. The molecule has 2 heterocycles. The lowest BCUT2D eigenvalue weighted by molar-refractivity contribution is 0.102. The van der Waals surface area contributed by atoms with Gasteiger partial charge in [-0.15, -0.1) is 0 Å². The Labute approximate surface area is 149 Å². The van der Waals surface area contributed by atoms with Crippen molar-refractivity contribution in [3.05, 3.63) is 53.0 Å². The number of ether oxygens (including phenoxy) is 1. The number of nitrogens with one attached hydrogen (secondary N) is 1. The predicted molar refractivity (Wildman–Crippen MR) is 92.8 cm³/mol.